The normalized spacial score (nSPS) is 27.6. The third-order valence-electron chi connectivity index (χ3n) is 4.34. The fraction of sp³-hybridized carbons (Fsp3) is 0.533. The van der Waals surface area contributed by atoms with E-state index in [2.05, 4.69) is 0 Å². The number of hydrogen-bond donors (Lipinski definition) is 1. The highest BCUT2D eigenvalue weighted by atomic mass is 35.5. The molecule has 1 aromatic carbocycles. The minimum Gasteiger partial charge on any atom is -1.00 e. The Morgan fingerprint density at radius 3 is 2.35 bits per heavy atom. The molecule has 0 radical (unpaired) electrons. The van der Waals surface area contributed by atoms with Gasteiger partial charge in [-0.15, -0.1) is 0 Å². The van der Waals surface area contributed by atoms with E-state index in [9.17, 15) is 4.79 Å². The molecule has 3 heterocycles. The molecule has 4 rings (SSSR count). The van der Waals surface area contributed by atoms with Crippen LogP contribution in [0.4, 0.5) is 0 Å². The first-order chi connectivity index (χ1) is 9.26. The van der Waals surface area contributed by atoms with Gasteiger partial charge in [-0.2, -0.15) is 0 Å². The lowest BCUT2D eigenvalue weighted by molar-refractivity contribution is -0.920. The summed E-state index contributed by atoms with van der Waals surface area (Å²) in [6.07, 6.45) is 2.48. The van der Waals surface area contributed by atoms with E-state index < -0.39 is 0 Å². The maximum atomic E-state index is 12.1. The molecule has 0 spiro atoms. The number of carbonyl (C=O) groups excluding carboxylic acids is 1. The van der Waals surface area contributed by atoms with Gasteiger partial charge in [0, 0.05) is 18.8 Å². The fourth-order valence-corrected chi connectivity index (χ4v) is 3.15. The Hall–Kier alpha value is -1.26. The van der Waals surface area contributed by atoms with E-state index in [0.29, 0.717) is 11.5 Å². The van der Waals surface area contributed by atoms with Crippen molar-refractivity contribution >= 4 is 5.97 Å². The summed E-state index contributed by atoms with van der Waals surface area (Å²) in [5.41, 5.74) is 0.604. The van der Waals surface area contributed by atoms with Crippen molar-refractivity contribution < 1.29 is 31.6 Å². The molecule has 0 amide bonds. The molecule has 0 aromatic heterocycles. The molecular weight excluding hydrogens is 278 g/mol. The smallest absolute Gasteiger partial charge is 0.338 e. The summed E-state index contributed by atoms with van der Waals surface area (Å²) in [6.45, 7) is 3.45. The topological polar surface area (TPSA) is 40.0 Å². The summed E-state index contributed by atoms with van der Waals surface area (Å²) in [7, 11) is 1.61. The van der Waals surface area contributed by atoms with Crippen LogP contribution in [-0.2, 0) is 4.74 Å². The van der Waals surface area contributed by atoms with Gasteiger partial charge in [-0.25, -0.2) is 4.79 Å². The molecule has 3 aliphatic rings. The molecule has 1 unspecified atom stereocenters. The van der Waals surface area contributed by atoms with E-state index in [0.717, 1.165) is 12.3 Å². The van der Waals surface area contributed by atoms with E-state index in [1.807, 2.05) is 0 Å². The Kier molecular flexibility index (Phi) is 4.89. The van der Waals surface area contributed by atoms with Crippen molar-refractivity contribution in [1.82, 2.24) is 0 Å². The van der Waals surface area contributed by atoms with E-state index in [-0.39, 0.29) is 24.5 Å². The lowest BCUT2D eigenvalue weighted by atomic mass is 9.86. The van der Waals surface area contributed by atoms with Crippen LogP contribution >= 0.6 is 0 Å². The van der Waals surface area contributed by atoms with Gasteiger partial charge in [-0.1, -0.05) is 0 Å². The number of esters is 1. The lowest BCUT2D eigenvalue weighted by Crippen LogP contribution is -3.16. The number of carbonyl (C=O) groups is 1. The lowest BCUT2D eigenvalue weighted by Gasteiger charge is -2.41. The van der Waals surface area contributed by atoms with E-state index in [4.69, 9.17) is 9.47 Å². The number of rotatable bonds is 3. The van der Waals surface area contributed by atoms with Crippen molar-refractivity contribution in [3.05, 3.63) is 29.8 Å². The first-order valence-corrected chi connectivity index (χ1v) is 6.95. The molecule has 20 heavy (non-hydrogen) atoms. The zero-order valence-corrected chi connectivity index (χ0v) is 12.4. The summed E-state index contributed by atoms with van der Waals surface area (Å²) in [4.78, 5) is 13.7. The molecule has 0 aliphatic carbocycles. The van der Waals surface area contributed by atoms with Crippen LogP contribution in [-0.4, -0.2) is 38.8 Å². The van der Waals surface area contributed by atoms with Gasteiger partial charge in [0.05, 0.1) is 25.8 Å². The molecule has 2 bridgehead atoms. The van der Waals surface area contributed by atoms with Gasteiger partial charge in [-0.3, -0.25) is 0 Å². The Morgan fingerprint density at radius 1 is 1.20 bits per heavy atom. The van der Waals surface area contributed by atoms with Crippen LogP contribution in [0.2, 0.25) is 0 Å². The highest BCUT2D eigenvalue weighted by molar-refractivity contribution is 5.89. The van der Waals surface area contributed by atoms with Crippen molar-refractivity contribution in [3.63, 3.8) is 0 Å². The predicted molar refractivity (Wildman–Crippen MR) is 70.5 cm³/mol. The molecule has 1 N–H and O–H groups in total. The monoisotopic (exact) mass is 297 g/mol. The van der Waals surface area contributed by atoms with Gasteiger partial charge < -0.3 is 26.8 Å². The summed E-state index contributed by atoms with van der Waals surface area (Å²) < 4.78 is 10.8. The van der Waals surface area contributed by atoms with Crippen LogP contribution in [0.5, 0.6) is 5.75 Å². The number of halogens is 1. The Labute approximate surface area is 125 Å². The molecule has 3 fully saturated rings. The molecular formula is C15H20ClNO3. The van der Waals surface area contributed by atoms with Crippen molar-refractivity contribution in [1.29, 1.82) is 0 Å². The van der Waals surface area contributed by atoms with Crippen LogP contribution in [0.1, 0.15) is 23.2 Å². The van der Waals surface area contributed by atoms with Crippen LogP contribution < -0.4 is 22.0 Å². The van der Waals surface area contributed by atoms with Gasteiger partial charge in [0.2, 0.25) is 0 Å². The van der Waals surface area contributed by atoms with Crippen LogP contribution in [0.25, 0.3) is 0 Å². The number of quaternary nitrogens is 1. The molecule has 110 valence electrons. The van der Waals surface area contributed by atoms with Gasteiger partial charge in [0.1, 0.15) is 12.3 Å². The van der Waals surface area contributed by atoms with Crippen molar-refractivity contribution in [2.45, 2.75) is 18.9 Å². The van der Waals surface area contributed by atoms with Crippen LogP contribution in [0.15, 0.2) is 24.3 Å². The Bertz CT molecular complexity index is 455. The molecule has 5 heteroatoms. The molecule has 1 atom stereocenters. The predicted octanol–water partition coefficient (Wildman–Crippen LogP) is -2.47. The maximum Gasteiger partial charge on any atom is 0.338 e. The minimum absolute atomic E-state index is 0. The zero-order valence-electron chi connectivity index (χ0n) is 11.6. The second-order valence-electron chi connectivity index (χ2n) is 5.46. The van der Waals surface area contributed by atoms with Crippen molar-refractivity contribution in [3.8, 4) is 5.75 Å². The molecule has 0 saturated carbocycles. The number of methoxy groups -OCH3 is 1. The number of piperidine rings is 3. The highest BCUT2D eigenvalue weighted by Gasteiger charge is 2.39. The third-order valence-corrected chi connectivity index (χ3v) is 4.34. The van der Waals surface area contributed by atoms with Crippen molar-refractivity contribution in [2.24, 2.45) is 5.92 Å². The number of benzene rings is 1. The first-order valence-electron chi connectivity index (χ1n) is 6.95. The molecule has 1 aromatic rings. The van der Waals surface area contributed by atoms with Gasteiger partial charge in [0.25, 0.3) is 0 Å². The molecule has 3 aliphatic heterocycles. The molecule has 4 nitrogen and oxygen atoms in total. The quantitative estimate of drug-likeness (QED) is 0.629. The summed E-state index contributed by atoms with van der Waals surface area (Å²) in [6, 6.07) is 7.10. The van der Waals surface area contributed by atoms with E-state index in [1.54, 1.807) is 36.3 Å². The third kappa shape index (κ3) is 3.07. The average molecular weight is 298 g/mol. The Morgan fingerprint density at radius 2 is 1.85 bits per heavy atom. The fourth-order valence-electron chi connectivity index (χ4n) is 3.15. The summed E-state index contributed by atoms with van der Waals surface area (Å²) >= 11 is 0. The van der Waals surface area contributed by atoms with Gasteiger partial charge in [-0.05, 0) is 24.3 Å². The second-order valence-corrected chi connectivity index (χ2v) is 5.46. The van der Waals surface area contributed by atoms with E-state index in [1.165, 1.54) is 25.9 Å². The summed E-state index contributed by atoms with van der Waals surface area (Å²) in [5.74, 6) is 1.12. The van der Waals surface area contributed by atoms with Crippen LogP contribution in [0.3, 0.4) is 0 Å². The second kappa shape index (κ2) is 6.46. The van der Waals surface area contributed by atoms with Gasteiger partial charge in [0.15, 0.2) is 6.10 Å². The van der Waals surface area contributed by atoms with E-state index >= 15 is 0 Å². The number of nitrogens with one attached hydrogen (secondary N) is 1. The standard InChI is InChI=1S/C15H19NO3.ClH/c1-18-13-4-2-12(3-5-13)15(17)19-14-10-16-8-6-11(14)7-9-16;/h2-5,11,14H,6-10H2,1H3;1H. The van der Waals surface area contributed by atoms with Crippen LogP contribution in [0, 0.1) is 5.92 Å². The first kappa shape index (κ1) is 15.1. The maximum absolute atomic E-state index is 12.1. The zero-order chi connectivity index (χ0) is 13.2. The SMILES string of the molecule is COc1ccc(C(=O)OC2C[NH+]3CCC2CC3)cc1.[Cl-]. The Balaban J connectivity index is 0.00000147. The number of fused-ring (bicyclic) bond motifs is 3. The van der Waals surface area contributed by atoms with Gasteiger partial charge >= 0.3 is 5.97 Å². The highest BCUT2D eigenvalue weighted by Crippen LogP contribution is 2.22. The minimum atomic E-state index is -0.208. The molecule has 3 saturated heterocycles. The average Bonchev–Trinajstić information content (AvgIpc) is 2.48. The number of hydrogen-bond acceptors (Lipinski definition) is 3. The summed E-state index contributed by atoms with van der Waals surface area (Å²) in [5, 5.41) is 0. The number of ether oxygens (including phenoxy) is 2. The van der Waals surface area contributed by atoms with Crippen molar-refractivity contribution in [2.75, 3.05) is 26.7 Å². The largest absolute Gasteiger partial charge is 1.00 e.